The van der Waals surface area contributed by atoms with Crippen LogP contribution in [-0.4, -0.2) is 22.1 Å². The summed E-state index contributed by atoms with van der Waals surface area (Å²) in [5.41, 5.74) is 7.15. The summed E-state index contributed by atoms with van der Waals surface area (Å²) in [6.07, 6.45) is 6.36. The van der Waals surface area contributed by atoms with E-state index in [2.05, 4.69) is 15.3 Å². The Bertz CT molecular complexity index is 510. The second kappa shape index (κ2) is 4.58. The number of aromatic nitrogens is 2. The Hall–Kier alpha value is -1.20. The van der Waals surface area contributed by atoms with Gasteiger partial charge in [0, 0.05) is 12.1 Å². The van der Waals surface area contributed by atoms with Crippen LogP contribution in [-0.2, 0) is 0 Å². The first kappa shape index (κ1) is 10.9. The van der Waals surface area contributed by atoms with Crippen molar-refractivity contribution < 1.29 is 0 Å². The third kappa shape index (κ3) is 2.12. The van der Waals surface area contributed by atoms with Gasteiger partial charge in [-0.25, -0.2) is 9.97 Å². The van der Waals surface area contributed by atoms with Gasteiger partial charge in [-0.3, -0.25) is 0 Å². The highest BCUT2D eigenvalue weighted by Gasteiger charge is 2.22. The minimum absolute atomic E-state index is 0.244. The first-order chi connectivity index (χ1) is 8.34. The lowest BCUT2D eigenvalue weighted by atomic mass is 9.91. The molecule has 2 aromatic rings. The Morgan fingerprint density at radius 1 is 1.29 bits per heavy atom. The van der Waals surface area contributed by atoms with Crippen LogP contribution in [0.5, 0.6) is 0 Å². The van der Waals surface area contributed by atoms with Crippen molar-refractivity contribution in [3.63, 3.8) is 0 Å². The number of hydrogen-bond donors (Lipinski definition) is 2. The fourth-order valence-corrected chi connectivity index (χ4v) is 3.20. The van der Waals surface area contributed by atoms with Gasteiger partial charge in [0.1, 0.15) is 12.1 Å². The third-order valence-electron chi connectivity index (χ3n) is 3.38. The van der Waals surface area contributed by atoms with E-state index in [4.69, 9.17) is 5.73 Å². The molecule has 0 amide bonds. The summed E-state index contributed by atoms with van der Waals surface area (Å²) < 4.78 is 1.13. The van der Waals surface area contributed by atoms with Crippen molar-refractivity contribution in [3.8, 4) is 0 Å². The number of rotatable bonds is 2. The monoisotopic (exact) mass is 248 g/mol. The summed E-state index contributed by atoms with van der Waals surface area (Å²) in [4.78, 5) is 8.58. The Labute approximate surface area is 104 Å². The molecule has 1 fully saturated rings. The van der Waals surface area contributed by atoms with E-state index < -0.39 is 0 Å². The van der Waals surface area contributed by atoms with E-state index in [1.807, 2.05) is 11.4 Å². The van der Waals surface area contributed by atoms with Crippen molar-refractivity contribution >= 4 is 27.4 Å². The highest BCUT2D eigenvalue weighted by Crippen LogP contribution is 2.27. The Balaban J connectivity index is 1.86. The van der Waals surface area contributed by atoms with Gasteiger partial charge in [0.2, 0.25) is 0 Å². The SMILES string of the molecule is N[C@@H]1CCCC[C@H]1Nc1ncnc2ccsc12. The van der Waals surface area contributed by atoms with Crippen LogP contribution < -0.4 is 11.1 Å². The van der Waals surface area contributed by atoms with Crippen LogP contribution in [0.4, 0.5) is 5.82 Å². The lowest BCUT2D eigenvalue weighted by Gasteiger charge is -2.29. The molecule has 0 radical (unpaired) electrons. The molecule has 2 aromatic heterocycles. The minimum Gasteiger partial charge on any atom is -0.364 e. The number of nitrogens with two attached hydrogens (primary N) is 1. The quantitative estimate of drug-likeness (QED) is 0.856. The maximum absolute atomic E-state index is 6.14. The van der Waals surface area contributed by atoms with Crippen molar-refractivity contribution in [2.75, 3.05) is 5.32 Å². The van der Waals surface area contributed by atoms with E-state index in [1.54, 1.807) is 17.7 Å². The van der Waals surface area contributed by atoms with Crippen LogP contribution in [0.3, 0.4) is 0 Å². The van der Waals surface area contributed by atoms with Crippen LogP contribution in [0.2, 0.25) is 0 Å². The van der Waals surface area contributed by atoms with Crippen molar-refractivity contribution in [2.24, 2.45) is 5.73 Å². The van der Waals surface area contributed by atoms with Crippen LogP contribution in [0.15, 0.2) is 17.8 Å². The molecule has 0 bridgehead atoms. The number of hydrogen-bond acceptors (Lipinski definition) is 5. The first-order valence-corrected chi connectivity index (χ1v) is 6.93. The molecule has 2 heterocycles. The van der Waals surface area contributed by atoms with Gasteiger partial charge in [-0.2, -0.15) is 0 Å². The van der Waals surface area contributed by atoms with Gasteiger partial charge in [-0.05, 0) is 24.3 Å². The van der Waals surface area contributed by atoms with Gasteiger partial charge in [0.05, 0.1) is 10.2 Å². The smallest absolute Gasteiger partial charge is 0.147 e. The van der Waals surface area contributed by atoms with Gasteiger partial charge in [-0.1, -0.05) is 12.8 Å². The summed E-state index contributed by atoms with van der Waals surface area (Å²) in [6, 6.07) is 2.62. The molecule has 0 unspecified atom stereocenters. The van der Waals surface area contributed by atoms with E-state index in [1.165, 1.54) is 12.8 Å². The molecule has 4 nitrogen and oxygen atoms in total. The number of nitrogens with one attached hydrogen (secondary N) is 1. The molecule has 0 aromatic carbocycles. The second-order valence-electron chi connectivity index (χ2n) is 4.56. The lowest BCUT2D eigenvalue weighted by molar-refractivity contribution is 0.403. The molecule has 0 aliphatic heterocycles. The van der Waals surface area contributed by atoms with E-state index in [0.29, 0.717) is 6.04 Å². The molecule has 5 heteroatoms. The largest absolute Gasteiger partial charge is 0.364 e. The highest BCUT2D eigenvalue weighted by atomic mass is 32.1. The van der Waals surface area contributed by atoms with E-state index in [-0.39, 0.29) is 6.04 Å². The number of fused-ring (bicyclic) bond motifs is 1. The number of nitrogens with zero attached hydrogens (tertiary/aromatic N) is 2. The summed E-state index contributed by atoms with van der Waals surface area (Å²) in [5.74, 6) is 0.937. The van der Waals surface area contributed by atoms with Crippen LogP contribution in [0.25, 0.3) is 10.2 Å². The van der Waals surface area contributed by atoms with Gasteiger partial charge in [0.15, 0.2) is 0 Å². The van der Waals surface area contributed by atoms with Crippen molar-refractivity contribution in [1.82, 2.24) is 9.97 Å². The zero-order valence-electron chi connectivity index (χ0n) is 9.60. The predicted octanol–water partition coefficient (Wildman–Crippen LogP) is 2.37. The molecule has 1 aliphatic rings. The van der Waals surface area contributed by atoms with Crippen LogP contribution in [0.1, 0.15) is 25.7 Å². The van der Waals surface area contributed by atoms with Gasteiger partial charge < -0.3 is 11.1 Å². The van der Waals surface area contributed by atoms with E-state index in [9.17, 15) is 0 Å². The van der Waals surface area contributed by atoms with E-state index in [0.717, 1.165) is 28.9 Å². The number of anilines is 1. The predicted molar refractivity (Wildman–Crippen MR) is 71.3 cm³/mol. The fourth-order valence-electron chi connectivity index (χ4n) is 2.41. The summed E-state index contributed by atoms with van der Waals surface area (Å²) in [5, 5.41) is 5.54. The van der Waals surface area contributed by atoms with E-state index >= 15 is 0 Å². The summed E-state index contributed by atoms with van der Waals surface area (Å²) in [7, 11) is 0. The zero-order valence-corrected chi connectivity index (χ0v) is 10.4. The third-order valence-corrected chi connectivity index (χ3v) is 4.30. The van der Waals surface area contributed by atoms with Gasteiger partial charge in [0.25, 0.3) is 0 Å². The molecule has 1 aliphatic carbocycles. The van der Waals surface area contributed by atoms with Crippen molar-refractivity contribution in [2.45, 2.75) is 37.8 Å². The van der Waals surface area contributed by atoms with Gasteiger partial charge >= 0.3 is 0 Å². The molecule has 17 heavy (non-hydrogen) atoms. The normalized spacial score (nSPS) is 25.0. The molecular weight excluding hydrogens is 232 g/mol. The maximum atomic E-state index is 6.14. The standard InChI is InChI=1S/C12H16N4S/c13-8-3-1-2-4-9(8)16-12-11-10(5-6-17-11)14-7-15-12/h5-9H,1-4,13H2,(H,14,15,16)/t8-,9-/m1/s1. The van der Waals surface area contributed by atoms with Gasteiger partial charge in [-0.15, -0.1) is 11.3 Å². The van der Waals surface area contributed by atoms with Crippen molar-refractivity contribution in [3.05, 3.63) is 17.8 Å². The maximum Gasteiger partial charge on any atom is 0.147 e. The second-order valence-corrected chi connectivity index (χ2v) is 5.47. The molecule has 0 saturated heterocycles. The van der Waals surface area contributed by atoms with Crippen molar-refractivity contribution in [1.29, 1.82) is 0 Å². The first-order valence-electron chi connectivity index (χ1n) is 6.05. The highest BCUT2D eigenvalue weighted by molar-refractivity contribution is 7.17. The van der Waals surface area contributed by atoms with Crippen LogP contribution >= 0.6 is 11.3 Å². The molecule has 90 valence electrons. The zero-order chi connectivity index (χ0) is 11.7. The molecule has 3 N–H and O–H groups in total. The average Bonchev–Trinajstić information content (AvgIpc) is 2.81. The molecule has 3 rings (SSSR count). The Kier molecular flexibility index (Phi) is 2.94. The molecular formula is C12H16N4S. The lowest BCUT2D eigenvalue weighted by Crippen LogP contribution is -2.42. The topological polar surface area (TPSA) is 63.8 Å². The van der Waals surface area contributed by atoms with Crippen LogP contribution in [0, 0.1) is 0 Å². The molecule has 0 spiro atoms. The minimum atomic E-state index is 0.244. The Morgan fingerprint density at radius 3 is 3.06 bits per heavy atom. The Morgan fingerprint density at radius 2 is 2.18 bits per heavy atom. The summed E-state index contributed by atoms with van der Waals surface area (Å²) >= 11 is 1.68. The summed E-state index contributed by atoms with van der Waals surface area (Å²) in [6.45, 7) is 0. The average molecular weight is 248 g/mol. The number of thiophene rings is 1. The molecule has 1 saturated carbocycles. The fraction of sp³-hybridized carbons (Fsp3) is 0.500. The molecule has 2 atom stereocenters.